The molecular formula is C22H22N6OS. The topological polar surface area (TPSA) is 65.8 Å². The number of pyridine rings is 1. The van der Waals surface area contributed by atoms with Crippen LogP contribution < -0.4 is 5.32 Å². The monoisotopic (exact) mass is 418 g/mol. The Balaban J connectivity index is 1.15. The van der Waals surface area contributed by atoms with Crippen LogP contribution in [0.2, 0.25) is 0 Å². The largest absolute Gasteiger partial charge is 0.323 e. The maximum absolute atomic E-state index is 12.6. The minimum atomic E-state index is -0.0867. The van der Waals surface area contributed by atoms with Crippen molar-refractivity contribution in [1.29, 1.82) is 0 Å². The molecule has 5 rings (SSSR count). The third kappa shape index (κ3) is 4.05. The van der Waals surface area contributed by atoms with E-state index in [9.17, 15) is 4.79 Å². The maximum Gasteiger partial charge on any atom is 0.323 e. The number of nitrogens with one attached hydrogen (secondary N) is 1. The highest BCUT2D eigenvalue weighted by Crippen LogP contribution is 2.25. The summed E-state index contributed by atoms with van der Waals surface area (Å²) in [5.74, 6) is 0. The van der Waals surface area contributed by atoms with Crippen molar-refractivity contribution in [2.75, 3.05) is 31.5 Å². The first kappa shape index (κ1) is 18.8. The van der Waals surface area contributed by atoms with Crippen molar-refractivity contribution in [3.8, 4) is 11.3 Å². The fraction of sp³-hybridized carbons (Fsp3) is 0.227. The molecule has 0 aliphatic carbocycles. The zero-order valence-corrected chi connectivity index (χ0v) is 17.3. The summed E-state index contributed by atoms with van der Waals surface area (Å²) in [6.07, 6.45) is 4.08. The first-order chi connectivity index (χ1) is 14.7. The summed E-state index contributed by atoms with van der Waals surface area (Å²) >= 11 is 1.45. The number of piperazine rings is 1. The Bertz CT molecular complexity index is 1110. The normalized spacial score (nSPS) is 14.9. The molecule has 0 bridgehead atoms. The Labute approximate surface area is 178 Å². The fourth-order valence-electron chi connectivity index (χ4n) is 3.64. The summed E-state index contributed by atoms with van der Waals surface area (Å²) in [6, 6.07) is 15.9. The molecule has 3 aromatic heterocycles. The van der Waals surface area contributed by atoms with Crippen LogP contribution in [-0.4, -0.2) is 56.4 Å². The van der Waals surface area contributed by atoms with Gasteiger partial charge >= 0.3 is 6.03 Å². The van der Waals surface area contributed by atoms with Gasteiger partial charge in [-0.05, 0) is 12.1 Å². The Morgan fingerprint density at radius 3 is 2.60 bits per heavy atom. The molecule has 1 saturated heterocycles. The van der Waals surface area contributed by atoms with Crippen LogP contribution in [0.5, 0.6) is 0 Å². The van der Waals surface area contributed by atoms with E-state index in [-0.39, 0.29) is 6.03 Å². The van der Waals surface area contributed by atoms with E-state index in [1.165, 1.54) is 11.3 Å². The molecule has 0 radical (unpaired) electrons. The molecule has 8 heteroatoms. The Hall–Kier alpha value is -3.23. The summed E-state index contributed by atoms with van der Waals surface area (Å²) in [5.41, 5.74) is 3.95. The van der Waals surface area contributed by atoms with Crippen molar-refractivity contribution in [2.45, 2.75) is 6.54 Å². The van der Waals surface area contributed by atoms with Crippen molar-refractivity contribution in [3.63, 3.8) is 0 Å². The van der Waals surface area contributed by atoms with Gasteiger partial charge in [-0.2, -0.15) is 0 Å². The lowest BCUT2D eigenvalue weighted by atomic mass is 10.2. The number of nitrogens with zero attached hydrogens (tertiary/aromatic N) is 5. The fourth-order valence-corrected chi connectivity index (χ4v) is 4.35. The van der Waals surface area contributed by atoms with Gasteiger partial charge < -0.3 is 9.30 Å². The smallest absolute Gasteiger partial charge is 0.322 e. The van der Waals surface area contributed by atoms with Crippen LogP contribution in [0, 0.1) is 0 Å². The van der Waals surface area contributed by atoms with Gasteiger partial charge in [0.2, 0.25) is 0 Å². The molecule has 4 aromatic rings. The second kappa shape index (κ2) is 8.25. The summed E-state index contributed by atoms with van der Waals surface area (Å²) < 4.78 is 2.04. The number of benzene rings is 1. The van der Waals surface area contributed by atoms with E-state index in [2.05, 4.69) is 26.4 Å². The molecule has 30 heavy (non-hydrogen) atoms. The first-order valence-electron chi connectivity index (χ1n) is 9.96. The van der Waals surface area contributed by atoms with E-state index in [0.717, 1.165) is 42.2 Å². The Morgan fingerprint density at radius 2 is 1.80 bits per heavy atom. The van der Waals surface area contributed by atoms with Crippen LogP contribution in [-0.2, 0) is 6.54 Å². The van der Waals surface area contributed by atoms with Gasteiger partial charge in [0.1, 0.15) is 5.65 Å². The standard InChI is InChI=1S/C22H22N6OS/c29-22(25-21-24-19(16-30-21)17-6-2-1-3-7-17)27-12-10-26(11-13-27)14-18-15-28-9-5-4-8-20(28)23-18/h1-9,15-16H,10-14H2,(H,24,25,29). The summed E-state index contributed by atoms with van der Waals surface area (Å²) in [4.78, 5) is 26.0. The van der Waals surface area contributed by atoms with Gasteiger partial charge in [0.15, 0.2) is 5.13 Å². The zero-order valence-electron chi connectivity index (χ0n) is 16.4. The minimum absolute atomic E-state index is 0.0867. The van der Waals surface area contributed by atoms with Gasteiger partial charge in [-0.15, -0.1) is 11.3 Å². The Kier molecular flexibility index (Phi) is 5.17. The lowest BCUT2D eigenvalue weighted by molar-refractivity contribution is 0.142. The number of carbonyl (C=O) groups excluding carboxylic acids is 1. The lowest BCUT2D eigenvalue weighted by Crippen LogP contribution is -2.49. The van der Waals surface area contributed by atoms with Crippen molar-refractivity contribution in [2.24, 2.45) is 0 Å². The number of urea groups is 1. The molecule has 0 saturated carbocycles. The molecule has 152 valence electrons. The summed E-state index contributed by atoms with van der Waals surface area (Å²) in [6.45, 7) is 3.83. The maximum atomic E-state index is 12.6. The van der Waals surface area contributed by atoms with Gasteiger partial charge in [-0.1, -0.05) is 36.4 Å². The van der Waals surface area contributed by atoms with E-state index in [1.54, 1.807) is 0 Å². The van der Waals surface area contributed by atoms with E-state index in [1.807, 2.05) is 69.4 Å². The summed E-state index contributed by atoms with van der Waals surface area (Å²) in [5, 5.41) is 5.54. The molecule has 0 spiro atoms. The molecule has 1 aliphatic rings. The van der Waals surface area contributed by atoms with Gasteiger partial charge in [-0.25, -0.2) is 14.8 Å². The molecule has 1 aliphatic heterocycles. The molecule has 1 aromatic carbocycles. The molecular weight excluding hydrogens is 396 g/mol. The van der Waals surface area contributed by atoms with Crippen LogP contribution in [0.1, 0.15) is 5.69 Å². The number of fused-ring (bicyclic) bond motifs is 1. The van der Waals surface area contributed by atoms with E-state index in [0.29, 0.717) is 18.2 Å². The number of carbonyl (C=O) groups is 1. The predicted molar refractivity (Wildman–Crippen MR) is 119 cm³/mol. The number of aromatic nitrogens is 3. The molecule has 1 fully saturated rings. The summed E-state index contributed by atoms with van der Waals surface area (Å²) in [7, 11) is 0. The van der Waals surface area contributed by atoms with E-state index < -0.39 is 0 Å². The number of anilines is 1. The number of hydrogen-bond acceptors (Lipinski definition) is 5. The second-order valence-electron chi connectivity index (χ2n) is 7.30. The first-order valence-corrected chi connectivity index (χ1v) is 10.8. The van der Waals surface area contributed by atoms with Crippen LogP contribution >= 0.6 is 11.3 Å². The van der Waals surface area contributed by atoms with Crippen LogP contribution in [0.25, 0.3) is 16.9 Å². The average Bonchev–Trinajstić information content (AvgIpc) is 3.41. The molecule has 7 nitrogen and oxygen atoms in total. The number of amides is 2. The molecule has 1 N–H and O–H groups in total. The lowest BCUT2D eigenvalue weighted by Gasteiger charge is -2.34. The zero-order chi connectivity index (χ0) is 20.3. The molecule has 0 unspecified atom stereocenters. The molecule has 2 amide bonds. The average molecular weight is 419 g/mol. The van der Waals surface area contributed by atoms with Crippen molar-refractivity contribution in [1.82, 2.24) is 24.2 Å². The second-order valence-corrected chi connectivity index (χ2v) is 8.15. The highest BCUT2D eigenvalue weighted by molar-refractivity contribution is 7.14. The number of rotatable bonds is 4. The Morgan fingerprint density at radius 1 is 1.00 bits per heavy atom. The van der Waals surface area contributed by atoms with Crippen LogP contribution in [0.4, 0.5) is 9.93 Å². The third-order valence-corrected chi connectivity index (χ3v) is 6.00. The number of thiazole rings is 1. The van der Waals surface area contributed by atoms with Gasteiger partial charge in [0.05, 0.1) is 11.4 Å². The highest BCUT2D eigenvalue weighted by atomic mass is 32.1. The van der Waals surface area contributed by atoms with Crippen molar-refractivity contribution < 1.29 is 4.79 Å². The number of hydrogen-bond donors (Lipinski definition) is 1. The van der Waals surface area contributed by atoms with Crippen LogP contribution in [0.15, 0.2) is 66.3 Å². The number of imidazole rings is 1. The molecule has 0 atom stereocenters. The van der Waals surface area contributed by atoms with Crippen LogP contribution in [0.3, 0.4) is 0 Å². The van der Waals surface area contributed by atoms with Gasteiger partial charge in [0.25, 0.3) is 0 Å². The third-order valence-electron chi connectivity index (χ3n) is 5.25. The molecule has 4 heterocycles. The predicted octanol–water partition coefficient (Wildman–Crippen LogP) is 3.81. The van der Waals surface area contributed by atoms with Gasteiger partial charge in [0, 0.05) is 56.1 Å². The van der Waals surface area contributed by atoms with Crippen molar-refractivity contribution >= 4 is 28.1 Å². The van der Waals surface area contributed by atoms with Gasteiger partial charge in [-0.3, -0.25) is 10.2 Å². The van der Waals surface area contributed by atoms with E-state index >= 15 is 0 Å². The van der Waals surface area contributed by atoms with Crippen molar-refractivity contribution in [3.05, 3.63) is 72.0 Å². The minimum Gasteiger partial charge on any atom is -0.322 e. The van der Waals surface area contributed by atoms with E-state index in [4.69, 9.17) is 0 Å². The highest BCUT2D eigenvalue weighted by Gasteiger charge is 2.22. The quantitative estimate of drug-likeness (QED) is 0.547. The SMILES string of the molecule is O=C(Nc1nc(-c2ccccc2)cs1)N1CCN(Cc2cn3ccccc3n2)CC1.